The topological polar surface area (TPSA) is 48.1 Å². The van der Waals surface area contributed by atoms with Crippen LogP contribution in [-0.4, -0.2) is 17.8 Å². The Kier molecular flexibility index (Phi) is 4.01. The third-order valence-electron chi connectivity index (χ3n) is 1.90. The maximum Gasteiger partial charge on any atom is 0.392 e. The Morgan fingerprint density at radius 1 is 1.50 bits per heavy atom. The fraction of sp³-hybridized carbons (Fsp3) is 0.444. The van der Waals surface area contributed by atoms with Crippen LogP contribution in [0.5, 0.6) is 5.88 Å². The average molecular weight is 299 g/mol. The molecule has 0 aliphatic heterocycles. The van der Waals surface area contributed by atoms with Gasteiger partial charge < -0.3 is 10.5 Å². The van der Waals surface area contributed by atoms with E-state index in [-0.39, 0.29) is 5.88 Å². The number of hydrogen-bond donors (Lipinski definition) is 1. The minimum atomic E-state index is -4.23. The van der Waals surface area contributed by atoms with Gasteiger partial charge in [0.05, 0.1) is 29.4 Å². The van der Waals surface area contributed by atoms with Crippen LogP contribution in [0.4, 0.5) is 18.9 Å². The van der Waals surface area contributed by atoms with Gasteiger partial charge in [-0.05, 0) is 28.4 Å². The summed E-state index contributed by atoms with van der Waals surface area (Å²) in [4.78, 5) is 3.80. The second kappa shape index (κ2) is 4.90. The molecule has 0 aliphatic rings. The van der Waals surface area contributed by atoms with E-state index in [2.05, 4.69) is 20.9 Å². The second-order valence-electron chi connectivity index (χ2n) is 3.17. The number of nitrogens with two attached hydrogens (primary N) is 1. The van der Waals surface area contributed by atoms with Crippen LogP contribution in [-0.2, 0) is 0 Å². The minimum Gasteiger partial charge on any atom is -0.476 e. The van der Waals surface area contributed by atoms with Gasteiger partial charge in [-0.25, -0.2) is 4.98 Å². The van der Waals surface area contributed by atoms with E-state index >= 15 is 0 Å². The molecule has 2 N–H and O–H groups in total. The summed E-state index contributed by atoms with van der Waals surface area (Å²) in [6, 6.07) is 0. The SMILES string of the molecule is Cc1c(N)cnc(OCCC(F)(F)F)c1Br. The Labute approximate surface area is 98.9 Å². The van der Waals surface area contributed by atoms with Crippen molar-refractivity contribution in [2.24, 2.45) is 0 Å². The van der Waals surface area contributed by atoms with Crippen molar-refractivity contribution in [2.45, 2.75) is 19.5 Å². The number of anilines is 1. The summed E-state index contributed by atoms with van der Waals surface area (Å²) in [7, 11) is 0. The molecule has 7 heteroatoms. The van der Waals surface area contributed by atoms with Gasteiger partial charge >= 0.3 is 6.18 Å². The Bertz CT molecular complexity index is 382. The summed E-state index contributed by atoms with van der Waals surface area (Å²) >= 11 is 3.16. The summed E-state index contributed by atoms with van der Waals surface area (Å²) < 4.78 is 41.0. The standard InChI is InChI=1S/C9H10BrF3N2O/c1-5-6(14)4-15-8(7(5)10)16-3-2-9(11,12)13/h4H,2-3,14H2,1H3. The van der Waals surface area contributed by atoms with E-state index in [1.165, 1.54) is 6.20 Å². The van der Waals surface area contributed by atoms with Gasteiger partial charge in [-0.1, -0.05) is 0 Å². The van der Waals surface area contributed by atoms with E-state index in [9.17, 15) is 13.2 Å². The number of hydrogen-bond acceptors (Lipinski definition) is 3. The third-order valence-corrected chi connectivity index (χ3v) is 2.83. The van der Waals surface area contributed by atoms with Crippen molar-refractivity contribution in [3.8, 4) is 5.88 Å². The first-order valence-corrected chi connectivity index (χ1v) is 5.20. The summed E-state index contributed by atoms with van der Waals surface area (Å²) in [6.07, 6.45) is -3.89. The Balaban J connectivity index is 2.65. The number of ether oxygens (including phenoxy) is 1. The molecule has 0 saturated heterocycles. The van der Waals surface area contributed by atoms with Crippen molar-refractivity contribution < 1.29 is 17.9 Å². The molecule has 0 aromatic carbocycles. The molecule has 0 amide bonds. The van der Waals surface area contributed by atoms with Gasteiger partial charge in [0.15, 0.2) is 0 Å². The minimum absolute atomic E-state index is 0.121. The summed E-state index contributed by atoms with van der Waals surface area (Å²) in [5, 5.41) is 0. The number of nitrogen functional groups attached to an aromatic ring is 1. The molecule has 90 valence electrons. The van der Waals surface area contributed by atoms with Crippen molar-refractivity contribution >= 4 is 21.6 Å². The number of alkyl halides is 3. The maximum absolute atomic E-state index is 11.9. The number of aromatic nitrogens is 1. The predicted octanol–water partition coefficient (Wildman–Crippen LogP) is 3.07. The molecule has 1 heterocycles. The Hall–Kier alpha value is -0.980. The summed E-state index contributed by atoms with van der Waals surface area (Å²) in [5.74, 6) is 0.121. The van der Waals surface area contributed by atoms with Gasteiger partial charge in [0.1, 0.15) is 0 Å². The highest BCUT2D eigenvalue weighted by atomic mass is 79.9. The van der Waals surface area contributed by atoms with E-state index < -0.39 is 19.2 Å². The molecule has 0 fully saturated rings. The van der Waals surface area contributed by atoms with Gasteiger partial charge in [0.2, 0.25) is 5.88 Å². The molecular weight excluding hydrogens is 289 g/mol. The lowest BCUT2D eigenvalue weighted by atomic mass is 10.2. The zero-order chi connectivity index (χ0) is 12.3. The molecule has 1 aromatic heterocycles. The molecule has 0 radical (unpaired) electrons. The van der Waals surface area contributed by atoms with Crippen LogP contribution in [0.2, 0.25) is 0 Å². The summed E-state index contributed by atoms with van der Waals surface area (Å²) in [6.45, 7) is 1.26. The second-order valence-corrected chi connectivity index (χ2v) is 3.96. The fourth-order valence-corrected chi connectivity index (χ4v) is 1.38. The quantitative estimate of drug-likeness (QED) is 0.933. The predicted molar refractivity (Wildman–Crippen MR) is 57.3 cm³/mol. The van der Waals surface area contributed by atoms with E-state index in [1.807, 2.05) is 0 Å². The average Bonchev–Trinajstić information content (AvgIpc) is 2.16. The van der Waals surface area contributed by atoms with Crippen molar-refractivity contribution in [1.29, 1.82) is 0 Å². The first-order chi connectivity index (χ1) is 7.31. The molecule has 3 nitrogen and oxygen atoms in total. The van der Waals surface area contributed by atoms with Crippen LogP contribution >= 0.6 is 15.9 Å². The normalized spacial score (nSPS) is 11.6. The van der Waals surface area contributed by atoms with Crippen LogP contribution < -0.4 is 10.5 Å². The van der Waals surface area contributed by atoms with Gasteiger partial charge in [-0.15, -0.1) is 0 Å². The van der Waals surface area contributed by atoms with Crippen molar-refractivity contribution in [2.75, 3.05) is 12.3 Å². The highest BCUT2D eigenvalue weighted by molar-refractivity contribution is 9.10. The zero-order valence-electron chi connectivity index (χ0n) is 8.44. The van der Waals surface area contributed by atoms with Crippen LogP contribution in [0, 0.1) is 6.92 Å². The highest BCUT2D eigenvalue weighted by Gasteiger charge is 2.27. The number of rotatable bonds is 3. The molecule has 1 rings (SSSR count). The first kappa shape index (κ1) is 13.1. The van der Waals surface area contributed by atoms with Gasteiger partial charge in [0, 0.05) is 0 Å². The van der Waals surface area contributed by atoms with Crippen molar-refractivity contribution in [3.63, 3.8) is 0 Å². The molecule has 0 unspecified atom stereocenters. The monoisotopic (exact) mass is 298 g/mol. The lowest BCUT2D eigenvalue weighted by molar-refractivity contribution is -0.139. The molecule has 0 saturated carbocycles. The van der Waals surface area contributed by atoms with E-state index in [1.54, 1.807) is 6.92 Å². The Morgan fingerprint density at radius 2 is 2.12 bits per heavy atom. The smallest absolute Gasteiger partial charge is 0.392 e. The lowest BCUT2D eigenvalue weighted by Crippen LogP contribution is -2.13. The first-order valence-electron chi connectivity index (χ1n) is 4.41. The lowest BCUT2D eigenvalue weighted by Gasteiger charge is -2.11. The fourth-order valence-electron chi connectivity index (χ4n) is 0.933. The summed E-state index contributed by atoms with van der Waals surface area (Å²) in [5.41, 5.74) is 6.70. The molecule has 0 atom stereocenters. The maximum atomic E-state index is 11.9. The van der Waals surface area contributed by atoms with Crippen LogP contribution in [0.25, 0.3) is 0 Å². The van der Waals surface area contributed by atoms with E-state index in [0.717, 1.165) is 0 Å². The highest BCUT2D eigenvalue weighted by Crippen LogP contribution is 2.30. The third kappa shape index (κ3) is 3.55. The van der Waals surface area contributed by atoms with Gasteiger partial charge in [-0.3, -0.25) is 0 Å². The van der Waals surface area contributed by atoms with Crippen molar-refractivity contribution in [1.82, 2.24) is 4.98 Å². The largest absolute Gasteiger partial charge is 0.476 e. The molecule has 16 heavy (non-hydrogen) atoms. The zero-order valence-corrected chi connectivity index (χ0v) is 10.0. The molecule has 0 aliphatic carbocycles. The number of nitrogens with zero attached hydrogens (tertiary/aromatic N) is 1. The van der Waals surface area contributed by atoms with Crippen LogP contribution in [0.15, 0.2) is 10.7 Å². The van der Waals surface area contributed by atoms with E-state index in [0.29, 0.717) is 15.7 Å². The van der Waals surface area contributed by atoms with Gasteiger partial charge in [-0.2, -0.15) is 13.2 Å². The number of pyridine rings is 1. The van der Waals surface area contributed by atoms with Crippen molar-refractivity contribution in [3.05, 3.63) is 16.2 Å². The molecular formula is C9H10BrF3N2O. The van der Waals surface area contributed by atoms with E-state index in [4.69, 9.17) is 10.5 Å². The van der Waals surface area contributed by atoms with Gasteiger partial charge in [0.25, 0.3) is 0 Å². The molecule has 0 bridgehead atoms. The van der Waals surface area contributed by atoms with Crippen LogP contribution in [0.3, 0.4) is 0 Å². The Morgan fingerprint density at radius 3 is 2.69 bits per heavy atom. The molecule has 0 spiro atoms. The van der Waals surface area contributed by atoms with Crippen LogP contribution in [0.1, 0.15) is 12.0 Å². The number of halogens is 4. The molecule has 1 aromatic rings.